The molecule has 2 aromatic carbocycles. The summed E-state index contributed by atoms with van der Waals surface area (Å²) in [5, 5.41) is 0. The lowest BCUT2D eigenvalue weighted by Gasteiger charge is -2.23. The monoisotopic (exact) mass is 371 g/mol. The van der Waals surface area contributed by atoms with Crippen LogP contribution in [-0.2, 0) is 10.0 Å². The largest absolute Gasteiger partial charge is 0.295 e. The van der Waals surface area contributed by atoms with Crippen molar-refractivity contribution in [1.29, 1.82) is 0 Å². The molecule has 1 heterocycles. The molecule has 1 aliphatic heterocycles. The minimum absolute atomic E-state index is 0.103. The molecule has 0 amide bonds. The number of carbonyl (C=O) groups excluding carboxylic acids is 2. The van der Waals surface area contributed by atoms with E-state index < -0.39 is 16.1 Å². The van der Waals surface area contributed by atoms with Gasteiger partial charge in [0.1, 0.15) is 0 Å². The second-order valence-corrected chi connectivity index (χ2v) is 8.48. The highest BCUT2D eigenvalue weighted by atomic mass is 32.2. The standard InChI is InChI=1S/C20H21NO4S/c1-14-5-7-17(8-6-14)20(23)19-4-3-13-21(19)26(24,25)18-11-9-16(10-12-18)15(2)22/h5-12,19H,3-4,13H2,1-2H3. The molecule has 136 valence electrons. The number of carbonyl (C=O) groups is 2. The molecule has 0 aromatic heterocycles. The molecular formula is C20H21NO4S. The van der Waals surface area contributed by atoms with Crippen LogP contribution in [0.4, 0.5) is 0 Å². The van der Waals surface area contributed by atoms with Crippen LogP contribution in [0.3, 0.4) is 0 Å². The van der Waals surface area contributed by atoms with Crippen LogP contribution in [0.2, 0.25) is 0 Å². The highest BCUT2D eigenvalue weighted by Crippen LogP contribution is 2.28. The molecule has 5 nitrogen and oxygen atoms in total. The Kier molecular flexibility index (Phi) is 5.07. The molecule has 0 spiro atoms. The van der Waals surface area contributed by atoms with Gasteiger partial charge in [-0.2, -0.15) is 4.31 Å². The maximum atomic E-state index is 13.0. The van der Waals surface area contributed by atoms with E-state index >= 15 is 0 Å². The molecule has 0 saturated carbocycles. The Labute approximate surface area is 153 Å². The van der Waals surface area contributed by atoms with E-state index in [0.717, 1.165) is 5.56 Å². The van der Waals surface area contributed by atoms with Crippen LogP contribution in [0, 0.1) is 6.92 Å². The van der Waals surface area contributed by atoms with Crippen molar-refractivity contribution in [2.45, 2.75) is 37.6 Å². The number of rotatable bonds is 5. The molecule has 1 atom stereocenters. The van der Waals surface area contributed by atoms with Crippen LogP contribution in [0.25, 0.3) is 0 Å². The fourth-order valence-corrected chi connectivity index (χ4v) is 4.85. The minimum Gasteiger partial charge on any atom is -0.295 e. The van der Waals surface area contributed by atoms with Crippen molar-refractivity contribution in [2.75, 3.05) is 6.54 Å². The molecule has 1 aliphatic rings. The number of sulfonamides is 1. The van der Waals surface area contributed by atoms with Gasteiger partial charge in [0.05, 0.1) is 10.9 Å². The zero-order chi connectivity index (χ0) is 18.9. The van der Waals surface area contributed by atoms with Crippen molar-refractivity contribution in [3.05, 3.63) is 65.2 Å². The lowest BCUT2D eigenvalue weighted by Crippen LogP contribution is -2.40. The Hall–Kier alpha value is -2.31. The topological polar surface area (TPSA) is 71.5 Å². The predicted octanol–water partition coefficient (Wildman–Crippen LogP) is 3.23. The molecule has 0 aliphatic carbocycles. The van der Waals surface area contributed by atoms with Crippen LogP contribution in [-0.4, -0.2) is 36.9 Å². The first-order chi connectivity index (χ1) is 12.3. The highest BCUT2D eigenvalue weighted by molar-refractivity contribution is 7.89. The Balaban J connectivity index is 1.89. The van der Waals surface area contributed by atoms with Gasteiger partial charge in [-0.05, 0) is 38.8 Å². The minimum atomic E-state index is -3.79. The summed E-state index contributed by atoms with van der Waals surface area (Å²) < 4.78 is 27.3. The lowest BCUT2D eigenvalue weighted by molar-refractivity contribution is 0.0917. The van der Waals surface area contributed by atoms with Crippen LogP contribution in [0.5, 0.6) is 0 Å². The normalized spacial score (nSPS) is 18.0. The molecule has 0 N–H and O–H groups in total. The van der Waals surface area contributed by atoms with Gasteiger partial charge in [-0.25, -0.2) is 8.42 Å². The van der Waals surface area contributed by atoms with Gasteiger partial charge in [0, 0.05) is 17.7 Å². The number of Topliss-reactive ketones (excluding diaryl/α,β-unsaturated/α-hetero) is 2. The third kappa shape index (κ3) is 3.48. The number of aryl methyl sites for hydroxylation is 1. The molecule has 3 rings (SSSR count). The predicted molar refractivity (Wildman–Crippen MR) is 98.9 cm³/mol. The van der Waals surface area contributed by atoms with E-state index in [4.69, 9.17) is 0 Å². The van der Waals surface area contributed by atoms with Gasteiger partial charge in [0.25, 0.3) is 0 Å². The highest BCUT2D eigenvalue weighted by Gasteiger charge is 2.39. The van der Waals surface area contributed by atoms with Crippen molar-refractivity contribution in [2.24, 2.45) is 0 Å². The summed E-state index contributed by atoms with van der Waals surface area (Å²) in [4.78, 5) is 24.3. The Bertz CT molecular complexity index is 931. The van der Waals surface area contributed by atoms with Gasteiger partial charge in [0.15, 0.2) is 11.6 Å². The Morgan fingerprint density at radius 1 is 0.962 bits per heavy atom. The average molecular weight is 371 g/mol. The van der Waals surface area contributed by atoms with Gasteiger partial charge in [0.2, 0.25) is 10.0 Å². The smallest absolute Gasteiger partial charge is 0.243 e. The third-order valence-corrected chi connectivity index (χ3v) is 6.63. The summed E-state index contributed by atoms with van der Waals surface area (Å²) in [7, 11) is -3.79. The molecule has 0 bridgehead atoms. The number of ketones is 2. The molecule has 0 radical (unpaired) electrons. The van der Waals surface area contributed by atoms with E-state index in [0.29, 0.717) is 30.5 Å². The molecule has 1 saturated heterocycles. The molecular weight excluding hydrogens is 350 g/mol. The third-order valence-electron chi connectivity index (χ3n) is 4.71. The molecule has 1 unspecified atom stereocenters. The van der Waals surface area contributed by atoms with Crippen molar-refractivity contribution in [1.82, 2.24) is 4.31 Å². The van der Waals surface area contributed by atoms with Crippen LogP contribution >= 0.6 is 0 Å². The van der Waals surface area contributed by atoms with E-state index in [2.05, 4.69) is 0 Å². The van der Waals surface area contributed by atoms with Gasteiger partial charge in [-0.1, -0.05) is 42.0 Å². The number of benzene rings is 2. The summed E-state index contributed by atoms with van der Waals surface area (Å²) in [5.74, 6) is -0.297. The van der Waals surface area contributed by atoms with Crippen molar-refractivity contribution >= 4 is 21.6 Å². The van der Waals surface area contributed by atoms with Crippen molar-refractivity contribution in [3.63, 3.8) is 0 Å². The summed E-state index contributed by atoms with van der Waals surface area (Å²) in [6.07, 6.45) is 1.16. The summed E-state index contributed by atoms with van der Waals surface area (Å²) in [6.45, 7) is 3.69. The van der Waals surface area contributed by atoms with Crippen molar-refractivity contribution in [3.8, 4) is 0 Å². The van der Waals surface area contributed by atoms with Gasteiger partial charge in [-0.3, -0.25) is 9.59 Å². The zero-order valence-corrected chi connectivity index (χ0v) is 15.6. The van der Waals surface area contributed by atoms with E-state index in [1.165, 1.54) is 35.5 Å². The van der Waals surface area contributed by atoms with E-state index in [1.54, 1.807) is 12.1 Å². The lowest BCUT2D eigenvalue weighted by atomic mass is 10.0. The fourth-order valence-electron chi connectivity index (χ4n) is 3.20. The maximum absolute atomic E-state index is 13.0. The number of hydrogen-bond acceptors (Lipinski definition) is 4. The van der Waals surface area contributed by atoms with E-state index in [-0.39, 0.29) is 16.5 Å². The van der Waals surface area contributed by atoms with Crippen LogP contribution in [0.15, 0.2) is 53.4 Å². The Morgan fingerprint density at radius 3 is 2.12 bits per heavy atom. The van der Waals surface area contributed by atoms with Crippen molar-refractivity contribution < 1.29 is 18.0 Å². The first-order valence-electron chi connectivity index (χ1n) is 8.54. The maximum Gasteiger partial charge on any atom is 0.243 e. The summed E-state index contributed by atoms with van der Waals surface area (Å²) in [6, 6.07) is 12.4. The van der Waals surface area contributed by atoms with Gasteiger partial charge < -0.3 is 0 Å². The molecule has 26 heavy (non-hydrogen) atoms. The first kappa shape index (κ1) is 18.5. The van der Waals surface area contributed by atoms with Crippen LogP contribution < -0.4 is 0 Å². The quantitative estimate of drug-likeness (QED) is 0.757. The molecule has 1 fully saturated rings. The molecule has 2 aromatic rings. The first-order valence-corrected chi connectivity index (χ1v) is 9.98. The summed E-state index contributed by atoms with van der Waals surface area (Å²) >= 11 is 0. The van der Waals surface area contributed by atoms with E-state index in [9.17, 15) is 18.0 Å². The summed E-state index contributed by atoms with van der Waals surface area (Å²) in [5.41, 5.74) is 2.02. The van der Waals surface area contributed by atoms with Gasteiger partial charge >= 0.3 is 0 Å². The zero-order valence-electron chi connectivity index (χ0n) is 14.8. The SMILES string of the molecule is CC(=O)c1ccc(S(=O)(=O)N2CCCC2C(=O)c2ccc(C)cc2)cc1. The average Bonchev–Trinajstić information content (AvgIpc) is 3.12. The second kappa shape index (κ2) is 7.13. The Morgan fingerprint density at radius 2 is 1.54 bits per heavy atom. The second-order valence-electron chi connectivity index (χ2n) is 6.58. The number of nitrogens with zero attached hydrogens (tertiary/aromatic N) is 1. The van der Waals surface area contributed by atoms with Crippen LogP contribution in [0.1, 0.15) is 46.0 Å². The van der Waals surface area contributed by atoms with E-state index in [1.807, 2.05) is 19.1 Å². The van der Waals surface area contributed by atoms with Gasteiger partial charge in [-0.15, -0.1) is 0 Å². The number of hydrogen-bond donors (Lipinski definition) is 0. The fraction of sp³-hybridized carbons (Fsp3) is 0.300. The molecule has 6 heteroatoms.